The van der Waals surface area contributed by atoms with Crippen LogP contribution < -0.4 is 5.73 Å². The largest absolute Gasteiger partial charge is 0.338 e. The molecule has 2 rings (SSSR count). The molecule has 1 aromatic heterocycles. The first kappa shape index (κ1) is 14.7. The molecule has 5 heteroatoms. The topological polar surface area (TPSA) is 68.2 Å². The third-order valence-electron chi connectivity index (χ3n) is 3.45. The fourth-order valence-electron chi connectivity index (χ4n) is 2.44. The van der Waals surface area contributed by atoms with E-state index in [1.807, 2.05) is 6.07 Å². The lowest BCUT2D eigenvalue weighted by molar-refractivity contribution is 0.186. The molecule has 0 amide bonds. The van der Waals surface area contributed by atoms with Crippen molar-refractivity contribution in [3.05, 3.63) is 47.6 Å². The highest BCUT2D eigenvalue weighted by Gasteiger charge is 2.19. The maximum atomic E-state index is 5.49. The average molecular weight is 274 g/mol. The van der Waals surface area contributed by atoms with Gasteiger partial charge >= 0.3 is 0 Å². The summed E-state index contributed by atoms with van der Waals surface area (Å²) in [5, 5.41) is 3.98. The zero-order valence-corrected chi connectivity index (χ0v) is 12.1. The molecule has 1 atom stereocenters. The van der Waals surface area contributed by atoms with Gasteiger partial charge in [-0.1, -0.05) is 49.3 Å². The second-order valence-electron chi connectivity index (χ2n) is 4.71. The molecule has 5 nitrogen and oxygen atoms in total. The maximum Gasteiger partial charge on any atom is 0.240 e. The maximum absolute atomic E-state index is 5.49. The van der Waals surface area contributed by atoms with Crippen molar-refractivity contribution in [2.45, 2.75) is 39.4 Å². The van der Waals surface area contributed by atoms with Gasteiger partial charge in [-0.2, -0.15) is 4.98 Å². The summed E-state index contributed by atoms with van der Waals surface area (Å²) in [7, 11) is 0. The van der Waals surface area contributed by atoms with Gasteiger partial charge in [0.1, 0.15) is 0 Å². The third-order valence-corrected chi connectivity index (χ3v) is 3.45. The molecule has 1 aromatic carbocycles. The number of rotatable bonds is 7. The van der Waals surface area contributed by atoms with Crippen LogP contribution in [-0.4, -0.2) is 21.6 Å². The zero-order valence-electron chi connectivity index (χ0n) is 12.1. The molecule has 0 bridgehead atoms. The van der Waals surface area contributed by atoms with E-state index < -0.39 is 0 Å². The van der Waals surface area contributed by atoms with Gasteiger partial charge in [0.2, 0.25) is 5.89 Å². The van der Waals surface area contributed by atoms with E-state index in [0.717, 1.165) is 13.0 Å². The molecule has 1 heterocycles. The van der Waals surface area contributed by atoms with E-state index in [1.54, 1.807) is 0 Å². The number of nitrogens with two attached hydrogens (primary N) is 1. The first-order valence-corrected chi connectivity index (χ1v) is 7.09. The normalized spacial score (nSPS) is 12.8. The second-order valence-corrected chi connectivity index (χ2v) is 4.71. The second kappa shape index (κ2) is 7.17. The Morgan fingerprint density at radius 2 is 2.00 bits per heavy atom. The molecule has 0 radical (unpaired) electrons. The summed E-state index contributed by atoms with van der Waals surface area (Å²) >= 11 is 0. The van der Waals surface area contributed by atoms with Gasteiger partial charge in [-0.15, -0.1) is 0 Å². The van der Waals surface area contributed by atoms with Gasteiger partial charge < -0.3 is 10.3 Å². The summed E-state index contributed by atoms with van der Waals surface area (Å²) in [6.07, 6.45) is 1.04. The quantitative estimate of drug-likeness (QED) is 0.840. The van der Waals surface area contributed by atoms with E-state index in [2.05, 4.69) is 53.2 Å². The van der Waals surface area contributed by atoms with Gasteiger partial charge in [0.05, 0.1) is 13.1 Å². The van der Waals surface area contributed by atoms with E-state index in [-0.39, 0.29) is 6.54 Å². The lowest BCUT2D eigenvalue weighted by Gasteiger charge is -2.29. The van der Waals surface area contributed by atoms with Crippen LogP contribution in [0.1, 0.15) is 43.6 Å². The number of aromatic nitrogens is 2. The van der Waals surface area contributed by atoms with Crippen LogP contribution in [0.5, 0.6) is 0 Å². The summed E-state index contributed by atoms with van der Waals surface area (Å²) < 4.78 is 5.07. The SMILES string of the molecule is CCC(c1ccccc1)N(CC)Cc1noc(CN)n1. The Kier molecular flexibility index (Phi) is 5.26. The highest BCUT2D eigenvalue weighted by Crippen LogP contribution is 2.25. The van der Waals surface area contributed by atoms with Crippen molar-refractivity contribution in [2.24, 2.45) is 5.73 Å². The third kappa shape index (κ3) is 3.43. The van der Waals surface area contributed by atoms with Crippen molar-refractivity contribution >= 4 is 0 Å². The smallest absolute Gasteiger partial charge is 0.240 e. The molecule has 0 aliphatic heterocycles. The molecular weight excluding hydrogens is 252 g/mol. The molecular formula is C15H22N4O. The van der Waals surface area contributed by atoms with Gasteiger partial charge in [0.15, 0.2) is 5.82 Å². The highest BCUT2D eigenvalue weighted by molar-refractivity contribution is 5.19. The molecule has 0 aliphatic rings. The van der Waals surface area contributed by atoms with Crippen molar-refractivity contribution in [1.82, 2.24) is 15.0 Å². The monoisotopic (exact) mass is 274 g/mol. The summed E-state index contributed by atoms with van der Waals surface area (Å²) in [5.41, 5.74) is 6.81. The molecule has 0 aliphatic carbocycles. The molecule has 2 aromatic rings. The Morgan fingerprint density at radius 3 is 2.55 bits per heavy atom. The van der Waals surface area contributed by atoms with E-state index in [0.29, 0.717) is 24.3 Å². The molecule has 0 fully saturated rings. The van der Waals surface area contributed by atoms with Crippen LogP contribution in [0.15, 0.2) is 34.9 Å². The predicted octanol–water partition coefficient (Wildman–Crippen LogP) is 2.50. The van der Waals surface area contributed by atoms with E-state index in [1.165, 1.54) is 5.56 Å². The summed E-state index contributed by atoms with van der Waals surface area (Å²) in [6.45, 7) is 6.24. The fraction of sp³-hybridized carbons (Fsp3) is 0.467. The van der Waals surface area contributed by atoms with Crippen LogP contribution >= 0.6 is 0 Å². The zero-order chi connectivity index (χ0) is 14.4. The highest BCUT2D eigenvalue weighted by atomic mass is 16.5. The molecule has 0 saturated carbocycles. The molecule has 0 saturated heterocycles. The van der Waals surface area contributed by atoms with Crippen LogP contribution in [-0.2, 0) is 13.1 Å². The van der Waals surface area contributed by atoms with Crippen molar-refractivity contribution in [1.29, 1.82) is 0 Å². The van der Waals surface area contributed by atoms with Crippen LogP contribution in [0.2, 0.25) is 0 Å². The summed E-state index contributed by atoms with van der Waals surface area (Å²) in [5.74, 6) is 1.19. The number of hydrogen-bond acceptors (Lipinski definition) is 5. The average Bonchev–Trinajstić information content (AvgIpc) is 2.96. The summed E-state index contributed by atoms with van der Waals surface area (Å²) in [4.78, 5) is 6.63. The minimum atomic E-state index is 0.287. The molecule has 108 valence electrons. The van der Waals surface area contributed by atoms with Crippen LogP contribution in [0.25, 0.3) is 0 Å². The summed E-state index contributed by atoms with van der Waals surface area (Å²) in [6, 6.07) is 10.9. The van der Waals surface area contributed by atoms with Crippen LogP contribution in [0, 0.1) is 0 Å². The van der Waals surface area contributed by atoms with E-state index in [9.17, 15) is 0 Å². The van der Waals surface area contributed by atoms with Gasteiger partial charge in [-0.3, -0.25) is 4.90 Å². The first-order chi connectivity index (χ1) is 9.78. The van der Waals surface area contributed by atoms with E-state index >= 15 is 0 Å². The van der Waals surface area contributed by atoms with Gasteiger partial charge in [0.25, 0.3) is 0 Å². The Morgan fingerprint density at radius 1 is 1.25 bits per heavy atom. The molecule has 0 spiro atoms. The number of hydrogen-bond donors (Lipinski definition) is 1. The Balaban J connectivity index is 2.13. The Bertz CT molecular complexity index is 512. The minimum Gasteiger partial charge on any atom is -0.338 e. The molecule has 2 N–H and O–H groups in total. The lowest BCUT2D eigenvalue weighted by atomic mass is 10.0. The van der Waals surface area contributed by atoms with Crippen molar-refractivity contribution in [2.75, 3.05) is 6.54 Å². The van der Waals surface area contributed by atoms with Crippen molar-refractivity contribution in [3.63, 3.8) is 0 Å². The van der Waals surface area contributed by atoms with Gasteiger partial charge in [-0.25, -0.2) is 0 Å². The minimum absolute atomic E-state index is 0.287. The van der Waals surface area contributed by atoms with Gasteiger partial charge in [-0.05, 0) is 18.5 Å². The van der Waals surface area contributed by atoms with Crippen LogP contribution in [0.4, 0.5) is 0 Å². The molecule has 20 heavy (non-hydrogen) atoms. The number of nitrogens with zero attached hydrogens (tertiary/aromatic N) is 3. The Labute approximate surface area is 119 Å². The lowest BCUT2D eigenvalue weighted by Crippen LogP contribution is -2.28. The van der Waals surface area contributed by atoms with Crippen molar-refractivity contribution in [3.8, 4) is 0 Å². The number of benzene rings is 1. The molecule has 1 unspecified atom stereocenters. The Hall–Kier alpha value is -1.72. The standard InChI is InChI=1S/C15H22N4O/c1-3-13(12-8-6-5-7-9-12)19(4-2)11-14-17-15(10-16)20-18-14/h5-9,13H,3-4,10-11,16H2,1-2H3. The van der Waals surface area contributed by atoms with Crippen LogP contribution in [0.3, 0.4) is 0 Å². The first-order valence-electron chi connectivity index (χ1n) is 7.09. The van der Waals surface area contributed by atoms with Crippen molar-refractivity contribution < 1.29 is 4.52 Å². The predicted molar refractivity (Wildman–Crippen MR) is 77.7 cm³/mol. The van der Waals surface area contributed by atoms with Gasteiger partial charge in [0, 0.05) is 6.04 Å². The van der Waals surface area contributed by atoms with E-state index in [4.69, 9.17) is 10.3 Å². The fourth-order valence-corrected chi connectivity index (χ4v) is 2.44.